The number of likely N-dealkylation sites (tertiary alicyclic amines) is 1. The number of nitrogens with two attached hydrogens (primary N) is 1. The van der Waals surface area contributed by atoms with Gasteiger partial charge in [-0.1, -0.05) is 37.3 Å². The normalized spacial score (nSPS) is 25.4. The van der Waals surface area contributed by atoms with Gasteiger partial charge in [0, 0.05) is 13.1 Å². The van der Waals surface area contributed by atoms with Gasteiger partial charge in [-0.3, -0.25) is 4.79 Å². The Bertz CT molecular complexity index is 435. The molecular formula is C15H22N2O2. The molecule has 0 spiro atoms. The number of carbonyl (C=O) groups is 1. The third kappa shape index (κ3) is 3.33. The van der Waals surface area contributed by atoms with Gasteiger partial charge < -0.3 is 15.7 Å². The molecule has 2 unspecified atom stereocenters. The van der Waals surface area contributed by atoms with Crippen molar-refractivity contribution in [1.82, 2.24) is 4.90 Å². The van der Waals surface area contributed by atoms with Crippen LogP contribution in [0.3, 0.4) is 0 Å². The molecule has 1 aliphatic rings. The van der Waals surface area contributed by atoms with Crippen LogP contribution in [0.25, 0.3) is 0 Å². The molecular weight excluding hydrogens is 240 g/mol. The Morgan fingerprint density at radius 3 is 2.74 bits per heavy atom. The summed E-state index contributed by atoms with van der Waals surface area (Å²) in [4.78, 5) is 13.2. The van der Waals surface area contributed by atoms with Gasteiger partial charge in [0.15, 0.2) is 0 Å². The Kier molecular flexibility index (Phi) is 4.22. The van der Waals surface area contributed by atoms with Gasteiger partial charge in [-0.25, -0.2) is 0 Å². The van der Waals surface area contributed by atoms with Crippen LogP contribution < -0.4 is 5.73 Å². The zero-order valence-electron chi connectivity index (χ0n) is 11.4. The number of carboxylic acids is 1. The minimum Gasteiger partial charge on any atom is -0.480 e. The second kappa shape index (κ2) is 5.72. The highest BCUT2D eigenvalue weighted by atomic mass is 16.4. The number of benzene rings is 1. The van der Waals surface area contributed by atoms with Gasteiger partial charge in [0.25, 0.3) is 0 Å². The van der Waals surface area contributed by atoms with E-state index in [4.69, 9.17) is 10.8 Å². The van der Waals surface area contributed by atoms with E-state index in [9.17, 15) is 4.79 Å². The average Bonchev–Trinajstić information content (AvgIpc) is 2.80. The minimum atomic E-state index is -1.05. The molecule has 0 radical (unpaired) electrons. The second-order valence-corrected chi connectivity index (χ2v) is 5.59. The number of hydrogen-bond donors (Lipinski definition) is 2. The molecule has 0 amide bonds. The molecule has 0 aromatic heterocycles. The fourth-order valence-corrected chi connectivity index (χ4v) is 2.60. The Morgan fingerprint density at radius 1 is 1.47 bits per heavy atom. The van der Waals surface area contributed by atoms with E-state index in [1.165, 1.54) is 5.56 Å². The van der Waals surface area contributed by atoms with E-state index in [1.807, 2.05) is 6.07 Å². The van der Waals surface area contributed by atoms with E-state index in [1.54, 1.807) is 0 Å². The first-order valence-electron chi connectivity index (χ1n) is 6.81. The fourth-order valence-electron chi connectivity index (χ4n) is 2.60. The molecule has 1 aromatic rings. The third-order valence-corrected chi connectivity index (χ3v) is 4.05. The van der Waals surface area contributed by atoms with Crippen LogP contribution in [-0.2, 0) is 4.79 Å². The van der Waals surface area contributed by atoms with Gasteiger partial charge >= 0.3 is 5.97 Å². The molecule has 0 bridgehead atoms. The van der Waals surface area contributed by atoms with Crippen molar-refractivity contribution in [2.75, 3.05) is 19.6 Å². The molecule has 1 aromatic carbocycles. The maximum Gasteiger partial charge on any atom is 0.325 e. The Morgan fingerprint density at radius 2 is 2.16 bits per heavy atom. The standard InChI is InChI=1S/C15H22N2O2/c1-12(13-5-3-2-4-6-13)7-9-17-10-8-15(16,11-17)14(18)19/h2-6,12H,7-11,16H2,1H3,(H,18,19). The van der Waals surface area contributed by atoms with Crippen LogP contribution in [0.1, 0.15) is 31.2 Å². The molecule has 0 aliphatic carbocycles. The van der Waals surface area contributed by atoms with Crippen LogP contribution in [-0.4, -0.2) is 41.1 Å². The summed E-state index contributed by atoms with van der Waals surface area (Å²) in [7, 11) is 0. The number of rotatable bonds is 5. The molecule has 2 rings (SSSR count). The average molecular weight is 262 g/mol. The van der Waals surface area contributed by atoms with Crippen LogP contribution in [0.4, 0.5) is 0 Å². The highest BCUT2D eigenvalue weighted by molar-refractivity contribution is 5.79. The Balaban J connectivity index is 1.83. The fraction of sp³-hybridized carbons (Fsp3) is 0.533. The highest BCUT2D eigenvalue weighted by Gasteiger charge is 2.40. The van der Waals surface area contributed by atoms with Gasteiger partial charge in [0.2, 0.25) is 0 Å². The quantitative estimate of drug-likeness (QED) is 0.847. The van der Waals surface area contributed by atoms with Crippen molar-refractivity contribution in [3.8, 4) is 0 Å². The number of carboxylic acid groups (broad SMARTS) is 1. The molecule has 4 heteroatoms. The van der Waals surface area contributed by atoms with Crippen molar-refractivity contribution in [3.05, 3.63) is 35.9 Å². The lowest BCUT2D eigenvalue weighted by atomic mass is 9.97. The first-order chi connectivity index (χ1) is 9.01. The predicted molar refractivity (Wildman–Crippen MR) is 75.1 cm³/mol. The van der Waals surface area contributed by atoms with Gasteiger partial charge in [0.05, 0.1) is 0 Å². The molecule has 19 heavy (non-hydrogen) atoms. The van der Waals surface area contributed by atoms with Crippen molar-refractivity contribution in [3.63, 3.8) is 0 Å². The van der Waals surface area contributed by atoms with E-state index < -0.39 is 11.5 Å². The smallest absolute Gasteiger partial charge is 0.325 e. The largest absolute Gasteiger partial charge is 0.480 e. The summed E-state index contributed by atoms with van der Waals surface area (Å²) in [5.41, 5.74) is 6.16. The Hall–Kier alpha value is -1.39. The molecule has 2 atom stereocenters. The zero-order chi connectivity index (χ0) is 13.9. The molecule has 1 heterocycles. The van der Waals surface area contributed by atoms with Crippen molar-refractivity contribution >= 4 is 5.97 Å². The van der Waals surface area contributed by atoms with E-state index in [0.29, 0.717) is 18.9 Å². The number of hydrogen-bond acceptors (Lipinski definition) is 3. The molecule has 1 saturated heterocycles. The van der Waals surface area contributed by atoms with E-state index >= 15 is 0 Å². The summed E-state index contributed by atoms with van der Waals surface area (Å²) in [5.74, 6) is -0.398. The van der Waals surface area contributed by atoms with Crippen LogP contribution >= 0.6 is 0 Å². The molecule has 1 fully saturated rings. The topological polar surface area (TPSA) is 66.6 Å². The highest BCUT2D eigenvalue weighted by Crippen LogP contribution is 2.23. The SMILES string of the molecule is CC(CCN1CCC(N)(C(=O)O)C1)c1ccccc1. The molecule has 1 aliphatic heterocycles. The van der Waals surface area contributed by atoms with Crippen molar-refractivity contribution in [2.45, 2.75) is 31.2 Å². The summed E-state index contributed by atoms with van der Waals surface area (Å²) < 4.78 is 0. The lowest BCUT2D eigenvalue weighted by molar-refractivity contribution is -0.142. The van der Waals surface area contributed by atoms with Gasteiger partial charge in [-0.2, -0.15) is 0 Å². The van der Waals surface area contributed by atoms with Gasteiger partial charge in [0.1, 0.15) is 5.54 Å². The van der Waals surface area contributed by atoms with Gasteiger partial charge in [-0.05, 0) is 30.9 Å². The summed E-state index contributed by atoms with van der Waals surface area (Å²) in [6.07, 6.45) is 1.57. The molecule has 0 saturated carbocycles. The maximum atomic E-state index is 11.1. The number of nitrogens with zero attached hydrogens (tertiary/aromatic N) is 1. The summed E-state index contributed by atoms with van der Waals surface area (Å²) in [6, 6.07) is 10.4. The van der Waals surface area contributed by atoms with Crippen molar-refractivity contribution in [2.24, 2.45) is 5.73 Å². The Labute approximate surface area is 114 Å². The molecule has 4 nitrogen and oxygen atoms in total. The lowest BCUT2D eigenvalue weighted by Crippen LogP contribution is -2.50. The van der Waals surface area contributed by atoms with Gasteiger partial charge in [-0.15, -0.1) is 0 Å². The summed E-state index contributed by atoms with van der Waals surface area (Å²) in [6.45, 7) is 4.36. The van der Waals surface area contributed by atoms with Crippen LogP contribution in [0.15, 0.2) is 30.3 Å². The van der Waals surface area contributed by atoms with E-state index in [0.717, 1.165) is 19.5 Å². The lowest BCUT2D eigenvalue weighted by Gasteiger charge is -2.21. The second-order valence-electron chi connectivity index (χ2n) is 5.59. The van der Waals surface area contributed by atoms with Crippen LogP contribution in [0.2, 0.25) is 0 Å². The summed E-state index contributed by atoms with van der Waals surface area (Å²) in [5, 5.41) is 9.09. The van der Waals surface area contributed by atoms with E-state index in [-0.39, 0.29) is 0 Å². The van der Waals surface area contributed by atoms with Crippen molar-refractivity contribution < 1.29 is 9.90 Å². The van der Waals surface area contributed by atoms with Crippen LogP contribution in [0.5, 0.6) is 0 Å². The molecule has 104 valence electrons. The van der Waals surface area contributed by atoms with Crippen LogP contribution in [0, 0.1) is 0 Å². The minimum absolute atomic E-state index is 0.462. The predicted octanol–water partition coefficient (Wildman–Crippen LogP) is 1.67. The third-order valence-electron chi connectivity index (χ3n) is 4.05. The number of aliphatic carboxylic acids is 1. The molecule has 3 N–H and O–H groups in total. The zero-order valence-corrected chi connectivity index (χ0v) is 11.4. The summed E-state index contributed by atoms with van der Waals surface area (Å²) >= 11 is 0. The van der Waals surface area contributed by atoms with Crippen molar-refractivity contribution in [1.29, 1.82) is 0 Å². The monoisotopic (exact) mass is 262 g/mol. The first-order valence-corrected chi connectivity index (χ1v) is 6.81. The maximum absolute atomic E-state index is 11.1. The van der Waals surface area contributed by atoms with E-state index in [2.05, 4.69) is 36.1 Å². The first kappa shape index (κ1) is 14.0.